The molecule has 2 rings (SSSR count). The molecule has 0 spiro atoms. The number of nitrogens with one attached hydrogen (secondary N) is 1. The highest BCUT2D eigenvalue weighted by molar-refractivity contribution is 6.31. The first kappa shape index (κ1) is 8.47. The number of rotatable bonds is 1. The van der Waals surface area contributed by atoms with E-state index in [0.717, 1.165) is 0 Å². The van der Waals surface area contributed by atoms with Crippen LogP contribution in [-0.2, 0) is 6.61 Å². The minimum Gasteiger partial charge on any atom is -0.388 e. The smallest absolute Gasteiger partial charge is 0.169 e. The third-order valence-corrected chi connectivity index (χ3v) is 2.04. The van der Waals surface area contributed by atoms with Gasteiger partial charge in [0.05, 0.1) is 10.5 Å². The van der Waals surface area contributed by atoms with Crippen molar-refractivity contribution >= 4 is 22.6 Å². The summed E-state index contributed by atoms with van der Waals surface area (Å²) in [5, 5.41) is 8.78. The molecule has 3 nitrogen and oxygen atoms in total. The predicted molar refractivity (Wildman–Crippen MR) is 47.0 cm³/mol. The van der Waals surface area contributed by atoms with Crippen LogP contribution in [0.3, 0.4) is 0 Å². The van der Waals surface area contributed by atoms with Gasteiger partial charge in [-0.25, -0.2) is 9.37 Å². The summed E-state index contributed by atoms with van der Waals surface area (Å²) < 4.78 is 13.3. The molecule has 2 N–H and O–H groups in total. The van der Waals surface area contributed by atoms with Crippen LogP contribution in [0.25, 0.3) is 11.0 Å². The van der Waals surface area contributed by atoms with Crippen LogP contribution in [0.4, 0.5) is 4.39 Å². The molecule has 5 heteroatoms. The Labute approximate surface area is 78.2 Å². The molecule has 0 fully saturated rings. The molecule has 0 atom stereocenters. The van der Waals surface area contributed by atoms with Gasteiger partial charge in [-0.3, -0.25) is 0 Å². The van der Waals surface area contributed by atoms with Crippen molar-refractivity contribution < 1.29 is 9.50 Å². The van der Waals surface area contributed by atoms with Gasteiger partial charge in [-0.1, -0.05) is 11.6 Å². The monoisotopic (exact) mass is 200 g/mol. The van der Waals surface area contributed by atoms with Crippen molar-refractivity contribution in [3.63, 3.8) is 0 Å². The van der Waals surface area contributed by atoms with Gasteiger partial charge in [0.2, 0.25) is 0 Å². The van der Waals surface area contributed by atoms with Crippen LogP contribution in [0.15, 0.2) is 12.1 Å². The number of aliphatic hydroxyl groups is 1. The van der Waals surface area contributed by atoms with Crippen LogP contribution in [0.1, 0.15) is 5.82 Å². The Morgan fingerprint density at radius 3 is 3.00 bits per heavy atom. The van der Waals surface area contributed by atoms with E-state index in [-0.39, 0.29) is 17.1 Å². The molecule has 68 valence electrons. The molecule has 1 aromatic heterocycles. The largest absolute Gasteiger partial charge is 0.388 e. The van der Waals surface area contributed by atoms with E-state index in [0.29, 0.717) is 11.3 Å². The molecule has 0 saturated carbocycles. The molecular weight excluding hydrogens is 195 g/mol. The SMILES string of the molecule is OCc1nc2c(F)c(Cl)ccc2[nH]1. The van der Waals surface area contributed by atoms with E-state index in [1.165, 1.54) is 6.07 Å². The van der Waals surface area contributed by atoms with Gasteiger partial charge in [0.25, 0.3) is 0 Å². The third kappa shape index (κ3) is 1.28. The van der Waals surface area contributed by atoms with Gasteiger partial charge in [0.1, 0.15) is 17.9 Å². The molecule has 0 aliphatic heterocycles. The van der Waals surface area contributed by atoms with Gasteiger partial charge in [0.15, 0.2) is 5.82 Å². The second-order valence-corrected chi connectivity index (χ2v) is 3.01. The Balaban J connectivity index is 2.76. The fourth-order valence-corrected chi connectivity index (χ4v) is 1.30. The van der Waals surface area contributed by atoms with Crippen LogP contribution < -0.4 is 0 Å². The summed E-state index contributed by atoms with van der Waals surface area (Å²) in [6.07, 6.45) is 0. The second-order valence-electron chi connectivity index (χ2n) is 2.60. The summed E-state index contributed by atoms with van der Waals surface area (Å²) in [6.45, 7) is -0.244. The predicted octanol–water partition coefficient (Wildman–Crippen LogP) is 1.85. The highest BCUT2D eigenvalue weighted by atomic mass is 35.5. The van der Waals surface area contributed by atoms with Crippen LogP contribution in [0.2, 0.25) is 5.02 Å². The van der Waals surface area contributed by atoms with E-state index < -0.39 is 5.82 Å². The molecule has 2 aromatic rings. The van der Waals surface area contributed by atoms with Gasteiger partial charge < -0.3 is 10.1 Å². The molecule has 0 unspecified atom stereocenters. The van der Waals surface area contributed by atoms with Gasteiger partial charge in [-0.2, -0.15) is 0 Å². The molecular formula is C8H6ClFN2O. The van der Waals surface area contributed by atoms with Gasteiger partial charge in [0, 0.05) is 0 Å². The van der Waals surface area contributed by atoms with E-state index in [2.05, 4.69) is 9.97 Å². The first-order valence-electron chi connectivity index (χ1n) is 3.66. The zero-order valence-corrected chi connectivity index (χ0v) is 7.27. The average molecular weight is 201 g/mol. The Bertz CT molecular complexity index is 455. The summed E-state index contributed by atoms with van der Waals surface area (Å²) in [6, 6.07) is 3.06. The standard InChI is InChI=1S/C8H6ClFN2O/c9-4-1-2-5-8(7(4)10)12-6(3-13)11-5/h1-2,13H,3H2,(H,11,12). The van der Waals surface area contributed by atoms with E-state index in [9.17, 15) is 4.39 Å². The van der Waals surface area contributed by atoms with Crippen molar-refractivity contribution in [1.82, 2.24) is 9.97 Å². The van der Waals surface area contributed by atoms with E-state index >= 15 is 0 Å². The molecule has 0 aliphatic rings. The van der Waals surface area contributed by atoms with Crippen molar-refractivity contribution in [3.8, 4) is 0 Å². The van der Waals surface area contributed by atoms with E-state index in [1.54, 1.807) is 6.07 Å². The zero-order chi connectivity index (χ0) is 9.42. The van der Waals surface area contributed by atoms with Crippen LogP contribution in [0, 0.1) is 5.82 Å². The number of fused-ring (bicyclic) bond motifs is 1. The maximum atomic E-state index is 13.3. The van der Waals surface area contributed by atoms with Crippen LogP contribution in [0.5, 0.6) is 0 Å². The maximum Gasteiger partial charge on any atom is 0.169 e. The molecule has 1 aromatic carbocycles. The molecule has 0 aliphatic carbocycles. The lowest BCUT2D eigenvalue weighted by Crippen LogP contribution is -1.83. The lowest BCUT2D eigenvalue weighted by atomic mass is 10.3. The number of benzene rings is 1. The number of aromatic amines is 1. The van der Waals surface area contributed by atoms with E-state index in [4.69, 9.17) is 16.7 Å². The number of hydrogen-bond donors (Lipinski definition) is 2. The molecule has 0 radical (unpaired) electrons. The highest BCUT2D eigenvalue weighted by Crippen LogP contribution is 2.22. The number of nitrogens with zero attached hydrogens (tertiary/aromatic N) is 1. The Morgan fingerprint density at radius 1 is 1.54 bits per heavy atom. The number of hydrogen-bond acceptors (Lipinski definition) is 2. The van der Waals surface area contributed by atoms with Crippen molar-refractivity contribution in [3.05, 3.63) is 28.8 Å². The minimum atomic E-state index is -0.560. The van der Waals surface area contributed by atoms with Gasteiger partial charge in [-0.15, -0.1) is 0 Å². The number of H-pyrrole nitrogens is 1. The fraction of sp³-hybridized carbons (Fsp3) is 0.125. The fourth-order valence-electron chi connectivity index (χ4n) is 1.14. The second kappa shape index (κ2) is 2.97. The Hall–Kier alpha value is -1.13. The van der Waals surface area contributed by atoms with Crippen LogP contribution >= 0.6 is 11.6 Å². The Kier molecular flexibility index (Phi) is 1.94. The lowest BCUT2D eigenvalue weighted by molar-refractivity contribution is 0.273. The Morgan fingerprint density at radius 2 is 2.31 bits per heavy atom. The molecule has 0 amide bonds. The summed E-state index contributed by atoms with van der Waals surface area (Å²) in [5.74, 6) is -0.230. The van der Waals surface area contributed by atoms with Crippen molar-refractivity contribution in [2.75, 3.05) is 0 Å². The topological polar surface area (TPSA) is 48.9 Å². The first-order valence-corrected chi connectivity index (χ1v) is 4.03. The summed E-state index contributed by atoms with van der Waals surface area (Å²) >= 11 is 5.55. The molecule has 0 saturated heterocycles. The van der Waals surface area contributed by atoms with Crippen molar-refractivity contribution in [2.24, 2.45) is 0 Å². The molecule has 13 heavy (non-hydrogen) atoms. The summed E-state index contributed by atoms with van der Waals surface area (Å²) in [7, 11) is 0. The molecule has 0 bridgehead atoms. The third-order valence-electron chi connectivity index (χ3n) is 1.74. The van der Waals surface area contributed by atoms with Gasteiger partial charge >= 0.3 is 0 Å². The maximum absolute atomic E-state index is 13.3. The lowest BCUT2D eigenvalue weighted by Gasteiger charge is -1.92. The quantitative estimate of drug-likeness (QED) is 0.738. The van der Waals surface area contributed by atoms with Crippen molar-refractivity contribution in [2.45, 2.75) is 6.61 Å². The number of halogens is 2. The molecule has 1 heterocycles. The number of aliphatic hydroxyl groups excluding tert-OH is 1. The number of aromatic nitrogens is 2. The highest BCUT2D eigenvalue weighted by Gasteiger charge is 2.09. The van der Waals surface area contributed by atoms with E-state index in [1.807, 2.05) is 0 Å². The first-order chi connectivity index (χ1) is 6.22. The van der Waals surface area contributed by atoms with Crippen molar-refractivity contribution in [1.29, 1.82) is 0 Å². The number of imidazole rings is 1. The normalized spacial score (nSPS) is 11.0. The summed E-state index contributed by atoms with van der Waals surface area (Å²) in [5.41, 5.74) is 0.697. The minimum absolute atomic E-state index is 0.0310. The van der Waals surface area contributed by atoms with Gasteiger partial charge in [-0.05, 0) is 12.1 Å². The summed E-state index contributed by atoms with van der Waals surface area (Å²) in [4.78, 5) is 6.58. The van der Waals surface area contributed by atoms with Crippen LogP contribution in [-0.4, -0.2) is 15.1 Å². The zero-order valence-electron chi connectivity index (χ0n) is 6.51. The average Bonchev–Trinajstić information content (AvgIpc) is 2.55.